The summed E-state index contributed by atoms with van der Waals surface area (Å²) in [5.41, 5.74) is 3.62. The van der Waals surface area contributed by atoms with Crippen molar-refractivity contribution in [1.82, 2.24) is 5.32 Å². The maximum atomic E-state index is 12.2. The molecule has 26 heavy (non-hydrogen) atoms. The lowest BCUT2D eigenvalue weighted by atomic mass is 10.1. The Hall–Kier alpha value is -2.08. The Kier molecular flexibility index (Phi) is 6.14. The number of carbonyl (C=O) groups is 1. The molecule has 1 aliphatic rings. The van der Waals surface area contributed by atoms with E-state index >= 15 is 0 Å². The zero-order chi connectivity index (χ0) is 18.5. The molecule has 138 valence electrons. The maximum absolute atomic E-state index is 12.2. The summed E-state index contributed by atoms with van der Waals surface area (Å²) in [6.45, 7) is 6.01. The number of hydrogen-bond donors (Lipinski definition) is 1. The normalized spacial score (nSPS) is 14.4. The van der Waals surface area contributed by atoms with E-state index in [2.05, 4.69) is 5.32 Å². The molecular formula is C20H22ClNO4. The van der Waals surface area contributed by atoms with Crippen LogP contribution in [0.25, 0.3) is 0 Å². The first-order valence-corrected chi connectivity index (χ1v) is 8.90. The smallest absolute Gasteiger partial charge is 0.251 e. The molecule has 0 aromatic heterocycles. The van der Waals surface area contributed by atoms with Crippen molar-refractivity contribution >= 4 is 17.5 Å². The summed E-state index contributed by atoms with van der Waals surface area (Å²) in [6, 6.07) is 10.8. The number of halogens is 1. The van der Waals surface area contributed by atoms with Gasteiger partial charge in [-0.2, -0.15) is 0 Å². The minimum absolute atomic E-state index is 0.132. The van der Waals surface area contributed by atoms with Crippen LogP contribution in [0.15, 0.2) is 36.4 Å². The summed E-state index contributed by atoms with van der Waals surface area (Å²) in [7, 11) is 0. The Morgan fingerprint density at radius 1 is 1.15 bits per heavy atom. The van der Waals surface area contributed by atoms with Crippen molar-refractivity contribution < 1.29 is 19.0 Å². The van der Waals surface area contributed by atoms with Crippen LogP contribution in [-0.4, -0.2) is 32.0 Å². The van der Waals surface area contributed by atoms with Crippen LogP contribution in [-0.2, 0) is 16.0 Å². The highest BCUT2D eigenvalue weighted by atomic mass is 35.5. The Labute approximate surface area is 158 Å². The number of rotatable bonds is 6. The second-order valence-electron chi connectivity index (χ2n) is 6.23. The molecule has 5 nitrogen and oxygen atoms in total. The van der Waals surface area contributed by atoms with Crippen LogP contribution in [0, 0.1) is 13.8 Å². The number of amides is 1. The molecule has 6 heteroatoms. The molecule has 1 fully saturated rings. The molecular weight excluding hydrogens is 354 g/mol. The van der Waals surface area contributed by atoms with Gasteiger partial charge in [0.25, 0.3) is 5.91 Å². The van der Waals surface area contributed by atoms with Gasteiger partial charge in [-0.05, 0) is 54.8 Å². The lowest BCUT2D eigenvalue weighted by molar-refractivity contribution is -0.0686. The standard InChI is InChI=1S/C20H22ClNO4/c1-13-9-15(11-22-20(23)16-3-5-17(21)6-4-16)10-14(2)19(13)26-12-18-24-7-8-25-18/h3-6,9-10,18H,7-8,11-12H2,1-2H3,(H,22,23). The first-order valence-electron chi connectivity index (χ1n) is 8.53. The van der Waals surface area contributed by atoms with Crippen molar-refractivity contribution in [1.29, 1.82) is 0 Å². The van der Waals surface area contributed by atoms with Crippen molar-refractivity contribution in [2.75, 3.05) is 19.8 Å². The predicted molar refractivity (Wildman–Crippen MR) is 99.7 cm³/mol. The second kappa shape index (κ2) is 8.54. The topological polar surface area (TPSA) is 56.8 Å². The van der Waals surface area contributed by atoms with Crippen LogP contribution in [0.5, 0.6) is 5.75 Å². The molecule has 1 heterocycles. The summed E-state index contributed by atoms with van der Waals surface area (Å²) in [6.07, 6.45) is -0.299. The third-order valence-corrected chi connectivity index (χ3v) is 4.39. The average molecular weight is 376 g/mol. The van der Waals surface area contributed by atoms with Gasteiger partial charge in [-0.15, -0.1) is 0 Å². The van der Waals surface area contributed by atoms with Gasteiger partial charge >= 0.3 is 0 Å². The molecule has 0 radical (unpaired) electrons. The number of nitrogens with one attached hydrogen (secondary N) is 1. The molecule has 1 N–H and O–H groups in total. The maximum Gasteiger partial charge on any atom is 0.251 e. The van der Waals surface area contributed by atoms with E-state index in [1.165, 1.54) is 0 Å². The molecule has 2 aromatic rings. The van der Waals surface area contributed by atoms with Gasteiger partial charge in [-0.25, -0.2) is 0 Å². The first kappa shape index (κ1) is 18.7. The fourth-order valence-corrected chi connectivity index (χ4v) is 3.04. The molecule has 0 saturated carbocycles. The zero-order valence-corrected chi connectivity index (χ0v) is 15.6. The summed E-state index contributed by atoms with van der Waals surface area (Å²) in [5.74, 6) is 0.699. The number of carbonyl (C=O) groups excluding carboxylic acids is 1. The summed E-state index contributed by atoms with van der Waals surface area (Å²) < 4.78 is 16.6. The Balaban J connectivity index is 1.59. The summed E-state index contributed by atoms with van der Waals surface area (Å²) in [5, 5.41) is 3.53. The number of benzene rings is 2. The monoisotopic (exact) mass is 375 g/mol. The number of hydrogen-bond acceptors (Lipinski definition) is 4. The van der Waals surface area contributed by atoms with Crippen LogP contribution in [0.1, 0.15) is 27.0 Å². The Bertz CT molecular complexity index is 747. The molecule has 1 saturated heterocycles. The molecule has 0 atom stereocenters. The third-order valence-electron chi connectivity index (χ3n) is 4.13. The third kappa shape index (κ3) is 4.75. The molecule has 0 spiro atoms. The lowest BCUT2D eigenvalue weighted by Gasteiger charge is -2.16. The average Bonchev–Trinajstić information content (AvgIpc) is 3.13. The van der Waals surface area contributed by atoms with Crippen molar-refractivity contribution in [2.45, 2.75) is 26.7 Å². The van der Waals surface area contributed by atoms with Gasteiger partial charge in [-0.3, -0.25) is 4.79 Å². The Morgan fingerprint density at radius 3 is 2.38 bits per heavy atom. The van der Waals surface area contributed by atoms with E-state index in [-0.39, 0.29) is 12.2 Å². The number of aryl methyl sites for hydroxylation is 2. The van der Waals surface area contributed by atoms with Gasteiger partial charge in [0.05, 0.1) is 13.2 Å². The molecule has 1 amide bonds. The SMILES string of the molecule is Cc1cc(CNC(=O)c2ccc(Cl)cc2)cc(C)c1OCC1OCCO1. The predicted octanol–water partition coefficient (Wildman–Crippen LogP) is 3.64. The van der Waals surface area contributed by atoms with Crippen LogP contribution in [0.2, 0.25) is 5.02 Å². The van der Waals surface area contributed by atoms with E-state index < -0.39 is 0 Å². The molecule has 0 aliphatic carbocycles. The highest BCUT2D eigenvalue weighted by Gasteiger charge is 2.18. The van der Waals surface area contributed by atoms with E-state index in [1.807, 2.05) is 26.0 Å². The van der Waals surface area contributed by atoms with Gasteiger partial charge in [0.15, 0.2) is 6.29 Å². The van der Waals surface area contributed by atoms with Crippen LogP contribution < -0.4 is 10.1 Å². The molecule has 0 unspecified atom stereocenters. The van der Waals surface area contributed by atoms with Gasteiger partial charge in [0, 0.05) is 17.1 Å². The van der Waals surface area contributed by atoms with Crippen molar-refractivity contribution in [3.63, 3.8) is 0 Å². The van der Waals surface area contributed by atoms with E-state index in [4.69, 9.17) is 25.8 Å². The van der Waals surface area contributed by atoms with Crippen molar-refractivity contribution in [2.24, 2.45) is 0 Å². The molecule has 2 aromatic carbocycles. The van der Waals surface area contributed by atoms with Crippen molar-refractivity contribution in [3.8, 4) is 5.75 Å². The van der Waals surface area contributed by atoms with Gasteiger partial charge in [0.2, 0.25) is 0 Å². The largest absolute Gasteiger partial charge is 0.488 e. The van der Waals surface area contributed by atoms with Crippen LogP contribution in [0.3, 0.4) is 0 Å². The van der Waals surface area contributed by atoms with E-state index in [0.29, 0.717) is 37.0 Å². The van der Waals surface area contributed by atoms with E-state index in [9.17, 15) is 4.79 Å². The van der Waals surface area contributed by atoms with E-state index in [1.54, 1.807) is 24.3 Å². The Morgan fingerprint density at radius 2 is 1.77 bits per heavy atom. The first-order chi connectivity index (χ1) is 12.5. The zero-order valence-electron chi connectivity index (χ0n) is 14.9. The minimum atomic E-state index is -0.299. The highest BCUT2D eigenvalue weighted by Crippen LogP contribution is 2.25. The molecule has 0 bridgehead atoms. The van der Waals surface area contributed by atoms with Gasteiger partial charge < -0.3 is 19.5 Å². The fraction of sp³-hybridized carbons (Fsp3) is 0.350. The summed E-state index contributed by atoms with van der Waals surface area (Å²) >= 11 is 5.85. The van der Waals surface area contributed by atoms with Crippen LogP contribution in [0.4, 0.5) is 0 Å². The minimum Gasteiger partial charge on any atom is -0.488 e. The van der Waals surface area contributed by atoms with Gasteiger partial charge in [0.1, 0.15) is 12.4 Å². The molecule has 3 rings (SSSR count). The second-order valence-corrected chi connectivity index (χ2v) is 6.67. The van der Waals surface area contributed by atoms with Gasteiger partial charge in [-0.1, -0.05) is 23.7 Å². The fourth-order valence-electron chi connectivity index (χ4n) is 2.91. The van der Waals surface area contributed by atoms with Crippen molar-refractivity contribution in [3.05, 3.63) is 63.7 Å². The lowest BCUT2D eigenvalue weighted by Crippen LogP contribution is -2.23. The highest BCUT2D eigenvalue weighted by molar-refractivity contribution is 6.30. The summed E-state index contributed by atoms with van der Waals surface area (Å²) in [4.78, 5) is 12.2. The molecule has 1 aliphatic heterocycles. The van der Waals surface area contributed by atoms with E-state index in [0.717, 1.165) is 22.4 Å². The van der Waals surface area contributed by atoms with Crippen LogP contribution >= 0.6 is 11.6 Å². The number of ether oxygens (including phenoxy) is 3. The quantitative estimate of drug-likeness (QED) is 0.837.